The van der Waals surface area contributed by atoms with Gasteiger partial charge in [0, 0.05) is 23.6 Å². The molecule has 6 nitrogen and oxygen atoms in total. The lowest BCUT2D eigenvalue weighted by Crippen LogP contribution is -2.41. The van der Waals surface area contributed by atoms with Crippen LogP contribution in [-0.4, -0.2) is 28.9 Å². The summed E-state index contributed by atoms with van der Waals surface area (Å²) in [6, 6.07) is 4.91. The van der Waals surface area contributed by atoms with Gasteiger partial charge in [0.2, 0.25) is 11.8 Å². The molecule has 0 heterocycles. The molecule has 0 spiro atoms. The number of amides is 2. The average Bonchev–Trinajstić information content (AvgIpc) is 3.18. The number of aryl methyl sites for hydroxylation is 1. The number of benzene rings is 1. The van der Waals surface area contributed by atoms with Gasteiger partial charge >= 0.3 is 5.97 Å². The molecule has 3 N–H and O–H groups in total. The van der Waals surface area contributed by atoms with E-state index in [1.54, 1.807) is 6.07 Å². The molecule has 0 atom stereocenters. The monoisotopic (exact) mass is 372 g/mol. The number of rotatable bonds is 5. The van der Waals surface area contributed by atoms with E-state index in [0.717, 1.165) is 56.9 Å². The van der Waals surface area contributed by atoms with Gasteiger partial charge in [-0.15, -0.1) is 0 Å². The zero-order chi connectivity index (χ0) is 19.4. The van der Waals surface area contributed by atoms with Crippen molar-refractivity contribution < 1.29 is 19.5 Å². The number of nitrogens with one attached hydrogen (secondary N) is 2. The summed E-state index contributed by atoms with van der Waals surface area (Å²) in [6.07, 6.45) is 7.38. The minimum absolute atomic E-state index is 0.0683. The van der Waals surface area contributed by atoms with Gasteiger partial charge < -0.3 is 15.7 Å². The van der Waals surface area contributed by atoms with Crippen LogP contribution in [0.25, 0.3) is 0 Å². The molecule has 1 aromatic carbocycles. The van der Waals surface area contributed by atoms with Crippen molar-refractivity contribution >= 4 is 23.5 Å². The summed E-state index contributed by atoms with van der Waals surface area (Å²) in [7, 11) is 0. The topological polar surface area (TPSA) is 95.5 Å². The smallest absolute Gasteiger partial charge is 0.335 e. The molecule has 27 heavy (non-hydrogen) atoms. The fourth-order valence-electron chi connectivity index (χ4n) is 4.13. The Morgan fingerprint density at radius 1 is 0.926 bits per heavy atom. The Morgan fingerprint density at radius 3 is 2.19 bits per heavy atom. The summed E-state index contributed by atoms with van der Waals surface area (Å²) in [5.74, 6) is -0.820. The van der Waals surface area contributed by atoms with Crippen LogP contribution in [0.5, 0.6) is 0 Å². The van der Waals surface area contributed by atoms with Gasteiger partial charge in [0.05, 0.1) is 5.56 Å². The highest BCUT2D eigenvalue weighted by Crippen LogP contribution is 2.29. The first-order chi connectivity index (χ1) is 12.9. The lowest BCUT2D eigenvalue weighted by Gasteiger charge is -2.29. The van der Waals surface area contributed by atoms with Gasteiger partial charge in [0.25, 0.3) is 0 Å². The Morgan fingerprint density at radius 2 is 1.56 bits per heavy atom. The summed E-state index contributed by atoms with van der Waals surface area (Å²) in [4.78, 5) is 36.0. The maximum atomic E-state index is 12.6. The molecule has 146 valence electrons. The van der Waals surface area contributed by atoms with Crippen LogP contribution in [0.1, 0.15) is 67.3 Å². The second-order valence-corrected chi connectivity index (χ2v) is 7.86. The van der Waals surface area contributed by atoms with Crippen LogP contribution in [0, 0.1) is 18.8 Å². The molecule has 2 fully saturated rings. The quantitative estimate of drug-likeness (QED) is 0.737. The van der Waals surface area contributed by atoms with E-state index in [-0.39, 0.29) is 35.3 Å². The number of anilines is 1. The molecule has 0 radical (unpaired) electrons. The van der Waals surface area contributed by atoms with E-state index in [9.17, 15) is 14.4 Å². The fourth-order valence-corrected chi connectivity index (χ4v) is 4.13. The highest BCUT2D eigenvalue weighted by atomic mass is 16.4. The van der Waals surface area contributed by atoms with Gasteiger partial charge in [0.1, 0.15) is 0 Å². The van der Waals surface area contributed by atoms with Crippen LogP contribution in [0.2, 0.25) is 0 Å². The summed E-state index contributed by atoms with van der Waals surface area (Å²) in [5, 5.41) is 15.2. The average molecular weight is 372 g/mol. The van der Waals surface area contributed by atoms with E-state index < -0.39 is 5.97 Å². The first-order valence-electron chi connectivity index (χ1n) is 9.89. The number of carbonyl (C=O) groups is 3. The number of carboxylic acids is 1. The molecular weight excluding hydrogens is 344 g/mol. The van der Waals surface area contributed by atoms with Crippen molar-refractivity contribution in [3.63, 3.8) is 0 Å². The minimum atomic E-state index is -1.01. The Kier molecular flexibility index (Phi) is 6.14. The molecule has 0 saturated heterocycles. The second-order valence-electron chi connectivity index (χ2n) is 7.86. The Balaban J connectivity index is 1.50. The van der Waals surface area contributed by atoms with Crippen LogP contribution >= 0.6 is 0 Å². The van der Waals surface area contributed by atoms with Crippen molar-refractivity contribution in [1.29, 1.82) is 0 Å². The van der Waals surface area contributed by atoms with Crippen LogP contribution in [0.15, 0.2) is 18.2 Å². The molecule has 0 aliphatic heterocycles. The van der Waals surface area contributed by atoms with Crippen LogP contribution in [0.3, 0.4) is 0 Å². The van der Waals surface area contributed by atoms with Crippen molar-refractivity contribution in [2.75, 3.05) is 5.32 Å². The minimum Gasteiger partial charge on any atom is -0.478 e. The van der Waals surface area contributed by atoms with Crippen molar-refractivity contribution in [3.05, 3.63) is 29.3 Å². The third kappa shape index (κ3) is 4.87. The molecule has 0 unspecified atom stereocenters. The van der Waals surface area contributed by atoms with E-state index in [2.05, 4.69) is 10.6 Å². The predicted molar refractivity (Wildman–Crippen MR) is 103 cm³/mol. The molecule has 0 aromatic heterocycles. The Bertz CT molecular complexity index is 717. The summed E-state index contributed by atoms with van der Waals surface area (Å²) in [5.41, 5.74) is 1.55. The Labute approximate surface area is 159 Å². The SMILES string of the molecule is Cc1ccc(C(=O)O)cc1NC(=O)C1CCC(NC(=O)C2CCCC2)CC1. The van der Waals surface area contributed by atoms with Gasteiger partial charge in [-0.05, 0) is 63.1 Å². The second kappa shape index (κ2) is 8.55. The molecule has 6 heteroatoms. The number of hydrogen-bond donors (Lipinski definition) is 3. The molecular formula is C21H28N2O4. The van der Waals surface area contributed by atoms with E-state index in [1.807, 2.05) is 6.92 Å². The van der Waals surface area contributed by atoms with Crippen LogP contribution in [0.4, 0.5) is 5.69 Å². The highest BCUT2D eigenvalue weighted by Gasteiger charge is 2.30. The van der Waals surface area contributed by atoms with Crippen molar-refractivity contribution in [2.45, 2.75) is 64.3 Å². The van der Waals surface area contributed by atoms with Gasteiger partial charge in [-0.2, -0.15) is 0 Å². The third-order valence-electron chi connectivity index (χ3n) is 5.91. The van der Waals surface area contributed by atoms with Gasteiger partial charge in [-0.3, -0.25) is 9.59 Å². The largest absolute Gasteiger partial charge is 0.478 e. The molecule has 1 aromatic rings. The van der Waals surface area contributed by atoms with Gasteiger partial charge in [0.15, 0.2) is 0 Å². The summed E-state index contributed by atoms with van der Waals surface area (Å²) >= 11 is 0. The molecule has 3 rings (SSSR count). The van der Waals surface area contributed by atoms with Gasteiger partial charge in [-0.25, -0.2) is 4.79 Å². The zero-order valence-electron chi connectivity index (χ0n) is 15.8. The number of aromatic carboxylic acids is 1. The van der Waals surface area contributed by atoms with Gasteiger partial charge in [-0.1, -0.05) is 18.9 Å². The van der Waals surface area contributed by atoms with Crippen molar-refractivity contribution in [3.8, 4) is 0 Å². The third-order valence-corrected chi connectivity index (χ3v) is 5.91. The maximum Gasteiger partial charge on any atom is 0.335 e. The predicted octanol–water partition coefficient (Wildman–Crippen LogP) is 3.50. The van der Waals surface area contributed by atoms with Crippen LogP contribution in [-0.2, 0) is 9.59 Å². The number of hydrogen-bond acceptors (Lipinski definition) is 3. The highest BCUT2D eigenvalue weighted by molar-refractivity contribution is 5.95. The number of carboxylic acid groups (broad SMARTS) is 1. The zero-order valence-corrected chi connectivity index (χ0v) is 15.8. The number of carbonyl (C=O) groups excluding carboxylic acids is 2. The van der Waals surface area contributed by atoms with Crippen molar-refractivity contribution in [2.24, 2.45) is 11.8 Å². The van der Waals surface area contributed by atoms with E-state index in [0.29, 0.717) is 5.69 Å². The summed E-state index contributed by atoms with van der Waals surface area (Å²) in [6.45, 7) is 1.84. The summed E-state index contributed by atoms with van der Waals surface area (Å²) < 4.78 is 0. The maximum absolute atomic E-state index is 12.6. The fraction of sp³-hybridized carbons (Fsp3) is 0.571. The van der Waals surface area contributed by atoms with E-state index in [4.69, 9.17) is 5.11 Å². The first kappa shape index (κ1) is 19.4. The lowest BCUT2D eigenvalue weighted by atomic mass is 9.85. The van der Waals surface area contributed by atoms with E-state index in [1.165, 1.54) is 12.1 Å². The van der Waals surface area contributed by atoms with Crippen molar-refractivity contribution in [1.82, 2.24) is 5.32 Å². The first-order valence-corrected chi connectivity index (χ1v) is 9.89. The Hall–Kier alpha value is -2.37. The van der Waals surface area contributed by atoms with Crippen LogP contribution < -0.4 is 10.6 Å². The molecule has 0 bridgehead atoms. The standard InChI is InChI=1S/C21H28N2O4/c1-13-6-7-16(21(26)27)12-18(13)23-20(25)15-8-10-17(11-9-15)22-19(24)14-4-2-3-5-14/h6-7,12,14-15,17H,2-5,8-11H2,1H3,(H,22,24)(H,23,25)(H,26,27). The molecule has 2 aliphatic carbocycles. The van der Waals surface area contributed by atoms with E-state index >= 15 is 0 Å². The molecule has 2 saturated carbocycles. The lowest BCUT2D eigenvalue weighted by molar-refractivity contribution is -0.125. The molecule has 2 amide bonds. The molecule has 2 aliphatic rings. The normalized spacial score (nSPS) is 23.0.